The fraction of sp³-hybridized carbons (Fsp3) is 0.355. The number of rotatable bonds is 17. The van der Waals surface area contributed by atoms with Crippen molar-refractivity contribution < 1.29 is 42.4 Å². The van der Waals surface area contributed by atoms with E-state index in [1.54, 1.807) is 49.4 Å². The van der Waals surface area contributed by atoms with Gasteiger partial charge in [-0.2, -0.15) is 0 Å². The van der Waals surface area contributed by atoms with Gasteiger partial charge in [-0.05, 0) is 73.4 Å². The SMILES string of the molecule is CCOC(Cc1ccc(OCCN(CCCCOCc2cc(Cl)cc(Cl)c2)C(=O)Oc2ccc(F)cc2F)cc1)C(=O)O. The first-order chi connectivity index (χ1) is 20.6. The van der Waals surface area contributed by atoms with E-state index in [1.807, 2.05) is 0 Å². The molecule has 12 heteroatoms. The second-order valence-electron chi connectivity index (χ2n) is 9.45. The summed E-state index contributed by atoms with van der Waals surface area (Å²) >= 11 is 12.0. The Morgan fingerprint density at radius 1 is 0.907 bits per heavy atom. The number of hydrogen-bond donors (Lipinski definition) is 1. The van der Waals surface area contributed by atoms with Gasteiger partial charge in [-0.15, -0.1) is 0 Å². The average molecular weight is 641 g/mol. The van der Waals surface area contributed by atoms with Crippen LogP contribution < -0.4 is 9.47 Å². The zero-order valence-electron chi connectivity index (χ0n) is 23.6. The molecule has 8 nitrogen and oxygen atoms in total. The van der Waals surface area contributed by atoms with Gasteiger partial charge >= 0.3 is 12.1 Å². The van der Waals surface area contributed by atoms with Crippen molar-refractivity contribution in [3.8, 4) is 11.5 Å². The molecule has 232 valence electrons. The normalized spacial score (nSPS) is 11.7. The fourth-order valence-corrected chi connectivity index (χ4v) is 4.60. The Hall–Kier alpha value is -3.44. The number of ether oxygens (including phenoxy) is 4. The van der Waals surface area contributed by atoms with Gasteiger partial charge < -0.3 is 29.0 Å². The molecule has 3 aromatic carbocycles. The second-order valence-corrected chi connectivity index (χ2v) is 10.3. The number of halogens is 4. The molecule has 1 unspecified atom stereocenters. The van der Waals surface area contributed by atoms with Gasteiger partial charge in [0.15, 0.2) is 17.7 Å². The van der Waals surface area contributed by atoms with Crippen LogP contribution >= 0.6 is 23.2 Å². The molecule has 43 heavy (non-hydrogen) atoms. The summed E-state index contributed by atoms with van der Waals surface area (Å²) < 4.78 is 49.3. The summed E-state index contributed by atoms with van der Waals surface area (Å²) in [7, 11) is 0. The van der Waals surface area contributed by atoms with Crippen molar-refractivity contribution in [2.75, 3.05) is 32.9 Å². The molecule has 1 N–H and O–H groups in total. The maximum absolute atomic E-state index is 14.1. The van der Waals surface area contributed by atoms with Gasteiger partial charge in [-0.1, -0.05) is 35.3 Å². The molecule has 0 aliphatic heterocycles. The van der Waals surface area contributed by atoms with Crippen LogP contribution in [0.3, 0.4) is 0 Å². The number of carboxylic acids is 1. The van der Waals surface area contributed by atoms with Crippen LogP contribution in [-0.4, -0.2) is 61.1 Å². The molecule has 0 bridgehead atoms. The number of unbranched alkanes of at least 4 members (excludes halogenated alkanes) is 1. The highest BCUT2D eigenvalue weighted by molar-refractivity contribution is 6.34. The van der Waals surface area contributed by atoms with Crippen molar-refractivity contribution in [2.24, 2.45) is 0 Å². The van der Waals surface area contributed by atoms with Crippen LogP contribution in [0.2, 0.25) is 10.0 Å². The molecule has 1 atom stereocenters. The molecule has 0 aliphatic carbocycles. The molecular formula is C31H33Cl2F2NO7. The zero-order valence-corrected chi connectivity index (χ0v) is 25.1. The molecule has 0 radical (unpaired) electrons. The zero-order chi connectivity index (χ0) is 31.2. The van der Waals surface area contributed by atoms with Crippen LogP contribution in [0.1, 0.15) is 30.9 Å². The maximum atomic E-state index is 14.1. The van der Waals surface area contributed by atoms with E-state index in [1.165, 1.54) is 4.90 Å². The van der Waals surface area contributed by atoms with Crippen molar-refractivity contribution in [2.45, 2.75) is 38.9 Å². The summed E-state index contributed by atoms with van der Waals surface area (Å²) in [6.07, 6.45) is -0.377. The summed E-state index contributed by atoms with van der Waals surface area (Å²) in [6, 6.07) is 14.7. The van der Waals surface area contributed by atoms with Gasteiger partial charge in [-0.3, -0.25) is 0 Å². The minimum absolute atomic E-state index is 0.100. The van der Waals surface area contributed by atoms with E-state index < -0.39 is 29.8 Å². The van der Waals surface area contributed by atoms with E-state index >= 15 is 0 Å². The van der Waals surface area contributed by atoms with Gasteiger partial charge in [0.2, 0.25) is 0 Å². The lowest BCUT2D eigenvalue weighted by Gasteiger charge is -2.22. The van der Waals surface area contributed by atoms with Crippen molar-refractivity contribution in [3.63, 3.8) is 0 Å². The highest BCUT2D eigenvalue weighted by Crippen LogP contribution is 2.21. The topological polar surface area (TPSA) is 94.5 Å². The number of hydrogen-bond acceptors (Lipinski definition) is 6. The van der Waals surface area contributed by atoms with Crippen molar-refractivity contribution in [1.29, 1.82) is 0 Å². The van der Waals surface area contributed by atoms with Gasteiger partial charge in [0.1, 0.15) is 18.2 Å². The molecule has 0 spiro atoms. The maximum Gasteiger partial charge on any atom is 0.415 e. The minimum atomic E-state index is -1.03. The van der Waals surface area contributed by atoms with Crippen LogP contribution in [0.15, 0.2) is 60.7 Å². The lowest BCUT2D eigenvalue weighted by atomic mass is 10.1. The molecule has 3 rings (SSSR count). The Balaban J connectivity index is 1.52. The Bertz CT molecular complexity index is 1320. The smallest absolute Gasteiger partial charge is 0.415 e. The lowest BCUT2D eigenvalue weighted by Crippen LogP contribution is -2.37. The van der Waals surface area contributed by atoms with Gasteiger partial charge in [0.05, 0.1) is 13.2 Å². The molecule has 0 saturated heterocycles. The monoisotopic (exact) mass is 639 g/mol. The molecular weight excluding hydrogens is 607 g/mol. The first-order valence-electron chi connectivity index (χ1n) is 13.6. The summed E-state index contributed by atoms with van der Waals surface area (Å²) in [5.41, 5.74) is 1.60. The van der Waals surface area contributed by atoms with E-state index in [9.17, 15) is 23.5 Å². The summed E-state index contributed by atoms with van der Waals surface area (Å²) in [5.74, 6) is -2.69. The van der Waals surface area contributed by atoms with E-state index in [-0.39, 0.29) is 38.5 Å². The van der Waals surface area contributed by atoms with E-state index in [2.05, 4.69) is 0 Å². The molecule has 0 fully saturated rings. The highest BCUT2D eigenvalue weighted by atomic mass is 35.5. The lowest BCUT2D eigenvalue weighted by molar-refractivity contribution is -0.149. The van der Waals surface area contributed by atoms with Crippen LogP contribution in [0.25, 0.3) is 0 Å². The van der Waals surface area contributed by atoms with Crippen LogP contribution in [0, 0.1) is 11.6 Å². The van der Waals surface area contributed by atoms with Crippen molar-refractivity contribution in [1.82, 2.24) is 4.90 Å². The first-order valence-corrected chi connectivity index (χ1v) is 14.4. The van der Waals surface area contributed by atoms with Crippen molar-refractivity contribution in [3.05, 3.63) is 93.5 Å². The number of aliphatic carboxylic acids is 1. The molecule has 3 aromatic rings. The number of carbonyl (C=O) groups excluding carboxylic acids is 1. The quantitative estimate of drug-likeness (QED) is 0.156. The van der Waals surface area contributed by atoms with Gasteiger partial charge in [0, 0.05) is 42.3 Å². The fourth-order valence-electron chi connectivity index (χ4n) is 4.03. The summed E-state index contributed by atoms with van der Waals surface area (Å²) in [4.78, 5) is 25.6. The average Bonchev–Trinajstić information content (AvgIpc) is 2.95. The summed E-state index contributed by atoms with van der Waals surface area (Å²) in [6.45, 7) is 3.25. The van der Waals surface area contributed by atoms with E-state index in [0.717, 1.165) is 23.3 Å². The number of benzene rings is 3. The van der Waals surface area contributed by atoms with Crippen LogP contribution in [0.5, 0.6) is 11.5 Å². The van der Waals surface area contributed by atoms with Crippen LogP contribution in [0.4, 0.5) is 13.6 Å². The van der Waals surface area contributed by atoms with Crippen LogP contribution in [-0.2, 0) is 27.3 Å². The summed E-state index contributed by atoms with van der Waals surface area (Å²) in [5, 5.41) is 10.3. The number of carboxylic acid groups (broad SMARTS) is 1. The largest absolute Gasteiger partial charge is 0.492 e. The predicted molar refractivity (Wildman–Crippen MR) is 158 cm³/mol. The highest BCUT2D eigenvalue weighted by Gasteiger charge is 2.19. The van der Waals surface area contributed by atoms with E-state index in [0.29, 0.717) is 47.9 Å². The molecule has 1 amide bonds. The Kier molecular flexibility index (Phi) is 14.0. The predicted octanol–water partition coefficient (Wildman–Crippen LogP) is 7.18. The van der Waals surface area contributed by atoms with Crippen molar-refractivity contribution >= 4 is 35.3 Å². The molecule has 0 heterocycles. The minimum Gasteiger partial charge on any atom is -0.492 e. The first kappa shape index (κ1) is 34.1. The Labute approximate surface area is 259 Å². The number of carbonyl (C=O) groups is 2. The Morgan fingerprint density at radius 3 is 2.28 bits per heavy atom. The molecule has 0 aromatic heterocycles. The number of amides is 1. The molecule has 0 saturated carbocycles. The molecule has 0 aliphatic rings. The third kappa shape index (κ3) is 12.0. The second kappa shape index (κ2) is 17.6. The van der Waals surface area contributed by atoms with E-state index in [4.69, 9.17) is 42.1 Å². The number of nitrogens with zero attached hydrogens (tertiary/aromatic N) is 1. The standard InChI is InChI=1S/C31H33Cl2F2NO7/c1-2-41-29(30(37)38)17-21-5-8-26(9-6-21)42-14-12-36(31(39)43-28-10-7-25(34)19-27(28)35)11-3-4-13-40-20-22-15-23(32)18-24(33)16-22/h5-10,15-16,18-19,29H,2-4,11-14,17,20H2,1H3,(H,37,38). The third-order valence-corrected chi connectivity index (χ3v) is 6.56. The van der Waals surface area contributed by atoms with Gasteiger partial charge in [-0.25, -0.2) is 18.4 Å². The Morgan fingerprint density at radius 2 is 1.63 bits per heavy atom. The third-order valence-electron chi connectivity index (χ3n) is 6.12. The van der Waals surface area contributed by atoms with Gasteiger partial charge in [0.25, 0.3) is 0 Å².